The van der Waals surface area contributed by atoms with Crippen LogP contribution in [0.2, 0.25) is 0 Å². The predicted octanol–water partition coefficient (Wildman–Crippen LogP) is 3.81. The molecule has 1 unspecified atom stereocenters. The summed E-state index contributed by atoms with van der Waals surface area (Å²) in [5, 5.41) is 22.1. The van der Waals surface area contributed by atoms with Crippen molar-refractivity contribution in [1.29, 1.82) is 5.26 Å². The number of nitriles is 1. The van der Waals surface area contributed by atoms with Gasteiger partial charge in [-0.05, 0) is 46.9 Å². The number of halogens is 1. The highest BCUT2D eigenvalue weighted by molar-refractivity contribution is 5.98. The molecule has 0 radical (unpaired) electrons. The van der Waals surface area contributed by atoms with E-state index < -0.39 is 34.9 Å². The second kappa shape index (κ2) is 10.7. The summed E-state index contributed by atoms with van der Waals surface area (Å²) in [5.41, 5.74) is 0.855. The molecule has 2 aliphatic rings. The van der Waals surface area contributed by atoms with E-state index in [0.717, 1.165) is 16.0 Å². The van der Waals surface area contributed by atoms with Gasteiger partial charge in [0, 0.05) is 44.1 Å². The number of carbonyl (C=O) groups excluding carboxylic acids is 2. The van der Waals surface area contributed by atoms with Gasteiger partial charge < -0.3 is 25.0 Å². The minimum atomic E-state index is -1.53. The Labute approximate surface area is 227 Å². The average molecular weight is 537 g/mol. The Morgan fingerprint density at radius 2 is 1.92 bits per heavy atom. The average Bonchev–Trinajstić information content (AvgIpc) is 3.04. The van der Waals surface area contributed by atoms with E-state index in [1.165, 1.54) is 6.07 Å². The first-order chi connectivity index (χ1) is 18.4. The van der Waals surface area contributed by atoms with Crippen molar-refractivity contribution in [3.8, 4) is 17.2 Å². The Hall–Kier alpha value is -3.97. The van der Waals surface area contributed by atoms with E-state index in [2.05, 4.69) is 5.32 Å². The largest absolute Gasteiger partial charge is 0.465 e. The molecule has 4 rings (SSSR count). The van der Waals surface area contributed by atoms with E-state index >= 15 is 4.39 Å². The van der Waals surface area contributed by atoms with Crippen LogP contribution in [0, 0.1) is 22.6 Å². The monoisotopic (exact) mass is 536 g/mol. The number of nitrogens with one attached hydrogen (secondary N) is 1. The Bertz CT molecular complexity index is 1350. The molecule has 0 aliphatic carbocycles. The zero-order valence-electron chi connectivity index (χ0n) is 22.6. The van der Waals surface area contributed by atoms with Gasteiger partial charge in [-0.1, -0.05) is 39.0 Å². The van der Waals surface area contributed by atoms with E-state index in [9.17, 15) is 24.8 Å². The Morgan fingerprint density at radius 1 is 1.23 bits per heavy atom. The van der Waals surface area contributed by atoms with Crippen molar-refractivity contribution in [2.24, 2.45) is 5.41 Å². The van der Waals surface area contributed by atoms with Crippen molar-refractivity contribution >= 4 is 17.9 Å². The fourth-order valence-electron chi connectivity index (χ4n) is 5.15. The van der Waals surface area contributed by atoms with Gasteiger partial charge >= 0.3 is 6.09 Å². The molecule has 10 heteroatoms. The Balaban J connectivity index is 1.53. The van der Waals surface area contributed by atoms with E-state index in [0.29, 0.717) is 24.1 Å². The predicted molar refractivity (Wildman–Crippen MR) is 141 cm³/mol. The molecule has 2 aromatic carbocycles. The lowest BCUT2D eigenvalue weighted by Crippen LogP contribution is -2.63. The molecule has 0 spiro atoms. The minimum absolute atomic E-state index is 0.0409. The van der Waals surface area contributed by atoms with Gasteiger partial charge in [-0.3, -0.25) is 9.59 Å². The molecular formula is C29H33FN4O5. The van der Waals surface area contributed by atoms with Crippen molar-refractivity contribution in [3.63, 3.8) is 0 Å². The number of fused-ring (bicyclic) bond motifs is 1. The van der Waals surface area contributed by atoms with Crippen LogP contribution < -0.4 is 5.32 Å². The second-order valence-corrected chi connectivity index (χ2v) is 11.2. The summed E-state index contributed by atoms with van der Waals surface area (Å²) in [5.74, 6) is -1.17. The third kappa shape index (κ3) is 5.45. The van der Waals surface area contributed by atoms with Crippen LogP contribution in [0.4, 0.5) is 9.18 Å². The highest BCUT2D eigenvalue weighted by atomic mass is 19.1. The summed E-state index contributed by atoms with van der Waals surface area (Å²) >= 11 is 0. The second-order valence-electron chi connectivity index (χ2n) is 11.2. The first-order valence-corrected chi connectivity index (χ1v) is 12.9. The maximum Gasteiger partial charge on any atom is 0.407 e. The van der Waals surface area contributed by atoms with Crippen LogP contribution in [0.5, 0.6) is 0 Å². The Kier molecular flexibility index (Phi) is 7.66. The molecule has 0 aromatic heterocycles. The number of hydrogen-bond donors (Lipinski definition) is 2. The smallest absolute Gasteiger partial charge is 0.407 e. The van der Waals surface area contributed by atoms with Gasteiger partial charge in [-0.15, -0.1) is 0 Å². The number of ether oxygens (including phenoxy) is 1. The van der Waals surface area contributed by atoms with E-state index in [-0.39, 0.29) is 37.6 Å². The summed E-state index contributed by atoms with van der Waals surface area (Å²) < 4.78 is 21.2. The normalized spacial score (nSPS) is 20.2. The molecule has 2 aliphatic heterocycles. The van der Waals surface area contributed by atoms with Gasteiger partial charge in [0.25, 0.3) is 11.8 Å². The van der Waals surface area contributed by atoms with E-state index in [1.807, 2.05) is 12.1 Å². The van der Waals surface area contributed by atoms with Gasteiger partial charge in [0.15, 0.2) is 5.60 Å². The zero-order chi connectivity index (χ0) is 28.5. The zero-order valence-corrected chi connectivity index (χ0v) is 22.6. The number of benzene rings is 2. The summed E-state index contributed by atoms with van der Waals surface area (Å²) in [6, 6.07) is 11.1. The molecule has 39 heavy (non-hydrogen) atoms. The fourth-order valence-corrected chi connectivity index (χ4v) is 5.15. The summed E-state index contributed by atoms with van der Waals surface area (Å²) in [7, 11) is 1.73. The standard InChI is InChI=1S/C29H33FN4O5/c1-28(2,3)29(17-34(27(37)38)10-5-11-39-29)26(36)32-22(15-31)13-20-7-6-19(14-24(20)30)18-8-9-23-21(12-18)16-33(4)25(23)35/h6-9,12,14,22H,5,10-11,13,16-17H2,1-4H3,(H,32,36)(H,37,38)/t22-,29?/m0/s1. The first-order valence-electron chi connectivity index (χ1n) is 12.9. The maximum absolute atomic E-state index is 15.2. The SMILES string of the molecule is CN1Cc2cc(-c3ccc(C[C@@H](C#N)NC(=O)C4(C(C)(C)C)CN(C(=O)O)CCCO4)c(F)c3)ccc2C1=O. The van der Waals surface area contributed by atoms with E-state index in [4.69, 9.17) is 4.74 Å². The molecule has 1 saturated heterocycles. The number of rotatable bonds is 5. The van der Waals surface area contributed by atoms with Gasteiger partial charge in [0.2, 0.25) is 0 Å². The molecular weight excluding hydrogens is 503 g/mol. The summed E-state index contributed by atoms with van der Waals surface area (Å²) in [4.78, 5) is 40.3. The number of carboxylic acid groups (broad SMARTS) is 1. The first kappa shape index (κ1) is 28.0. The lowest BCUT2D eigenvalue weighted by molar-refractivity contribution is -0.165. The van der Waals surface area contributed by atoms with Crippen LogP contribution in [-0.2, 0) is 22.5 Å². The van der Waals surface area contributed by atoms with Crippen LogP contribution in [0.1, 0.15) is 48.7 Å². The maximum atomic E-state index is 15.2. The van der Waals surface area contributed by atoms with Crippen LogP contribution in [-0.4, -0.2) is 71.2 Å². The molecule has 3 amide bonds. The van der Waals surface area contributed by atoms with Crippen LogP contribution in [0.25, 0.3) is 11.1 Å². The molecule has 2 aromatic rings. The van der Waals surface area contributed by atoms with Gasteiger partial charge in [0.1, 0.15) is 11.9 Å². The lowest BCUT2D eigenvalue weighted by atomic mass is 9.75. The number of carbonyl (C=O) groups is 3. The highest BCUT2D eigenvalue weighted by Crippen LogP contribution is 2.37. The number of nitrogens with zero attached hydrogens (tertiary/aromatic N) is 3. The van der Waals surface area contributed by atoms with Gasteiger partial charge in [-0.2, -0.15) is 5.26 Å². The summed E-state index contributed by atoms with van der Waals surface area (Å²) in [6.45, 7) is 6.09. The van der Waals surface area contributed by atoms with Crippen molar-refractivity contribution in [3.05, 3.63) is 58.9 Å². The van der Waals surface area contributed by atoms with Crippen LogP contribution >= 0.6 is 0 Å². The topological polar surface area (TPSA) is 123 Å². The Morgan fingerprint density at radius 3 is 2.56 bits per heavy atom. The molecule has 0 saturated carbocycles. The fraction of sp³-hybridized carbons (Fsp3) is 0.448. The van der Waals surface area contributed by atoms with E-state index in [1.54, 1.807) is 57.0 Å². The summed E-state index contributed by atoms with van der Waals surface area (Å²) in [6.07, 6.45) is -0.794. The van der Waals surface area contributed by atoms with Crippen LogP contribution in [0.15, 0.2) is 36.4 Å². The molecule has 1 fully saturated rings. The minimum Gasteiger partial charge on any atom is -0.465 e. The van der Waals surface area contributed by atoms with Crippen molar-refractivity contribution in [2.45, 2.75) is 51.8 Å². The van der Waals surface area contributed by atoms with Crippen molar-refractivity contribution in [2.75, 3.05) is 26.7 Å². The highest BCUT2D eigenvalue weighted by Gasteiger charge is 2.53. The third-order valence-electron chi connectivity index (χ3n) is 7.54. The van der Waals surface area contributed by atoms with Gasteiger partial charge in [-0.25, -0.2) is 9.18 Å². The molecule has 2 heterocycles. The molecule has 0 bridgehead atoms. The van der Waals surface area contributed by atoms with Crippen molar-refractivity contribution in [1.82, 2.24) is 15.1 Å². The molecule has 9 nitrogen and oxygen atoms in total. The van der Waals surface area contributed by atoms with Crippen molar-refractivity contribution < 1.29 is 28.6 Å². The molecule has 206 valence electrons. The lowest BCUT2D eigenvalue weighted by Gasteiger charge is -2.43. The number of hydrogen-bond acceptors (Lipinski definition) is 5. The number of amides is 3. The molecule has 2 atom stereocenters. The van der Waals surface area contributed by atoms with Gasteiger partial charge in [0.05, 0.1) is 12.6 Å². The molecule has 2 N–H and O–H groups in total. The van der Waals surface area contributed by atoms with Crippen LogP contribution in [0.3, 0.4) is 0 Å². The third-order valence-corrected chi connectivity index (χ3v) is 7.54. The quantitative estimate of drug-likeness (QED) is 0.599.